The molecule has 3 rings (SSSR count). The first-order valence-electron chi connectivity index (χ1n) is 9.79. The number of hydrogen-bond acceptors (Lipinski definition) is 3. The van der Waals surface area contributed by atoms with Gasteiger partial charge in [0.25, 0.3) is 0 Å². The van der Waals surface area contributed by atoms with E-state index in [1.165, 1.54) is 32.4 Å². The first-order valence-corrected chi connectivity index (χ1v) is 9.79. The Labute approximate surface area is 156 Å². The molecule has 0 saturated carbocycles. The van der Waals surface area contributed by atoms with Gasteiger partial charge in [0.1, 0.15) is 6.04 Å². The summed E-state index contributed by atoms with van der Waals surface area (Å²) in [5.74, 6) is 0.0538. The summed E-state index contributed by atoms with van der Waals surface area (Å²) in [4.78, 5) is 31.2. The maximum Gasteiger partial charge on any atom is 0.322 e. The number of nitrogens with one attached hydrogen (secondary N) is 1. The summed E-state index contributed by atoms with van der Waals surface area (Å²) in [6.07, 6.45) is 4.95. The topological polar surface area (TPSA) is 55.9 Å². The molecule has 1 aromatic rings. The highest BCUT2D eigenvalue weighted by atomic mass is 16.2. The smallest absolute Gasteiger partial charge is 0.322 e. The molecule has 1 aromatic carbocycles. The quantitative estimate of drug-likeness (QED) is 0.880. The highest BCUT2D eigenvalue weighted by Crippen LogP contribution is 2.15. The van der Waals surface area contributed by atoms with Crippen LogP contribution in [0.1, 0.15) is 32.6 Å². The number of carbonyl (C=O) groups is 2. The van der Waals surface area contributed by atoms with E-state index in [2.05, 4.69) is 10.2 Å². The lowest BCUT2D eigenvalue weighted by Crippen LogP contribution is -2.58. The van der Waals surface area contributed by atoms with Crippen molar-refractivity contribution < 1.29 is 9.59 Å². The van der Waals surface area contributed by atoms with Crippen molar-refractivity contribution in [3.8, 4) is 0 Å². The maximum atomic E-state index is 12.7. The fraction of sp³-hybridized carbons (Fsp3) is 0.600. The third-order valence-electron chi connectivity index (χ3n) is 5.38. The zero-order valence-corrected chi connectivity index (χ0v) is 15.7. The fourth-order valence-corrected chi connectivity index (χ4v) is 3.81. The molecule has 0 spiro atoms. The lowest BCUT2D eigenvalue weighted by Gasteiger charge is -2.39. The van der Waals surface area contributed by atoms with Gasteiger partial charge in [-0.1, -0.05) is 24.6 Å². The van der Waals surface area contributed by atoms with Gasteiger partial charge in [-0.15, -0.1) is 0 Å². The number of piperidine rings is 1. The van der Waals surface area contributed by atoms with Crippen molar-refractivity contribution in [1.29, 1.82) is 0 Å². The number of rotatable bonds is 5. The SMILES string of the molecule is CC1C(=O)N(CCCN2CCCCC2)CCN1C(=O)Nc1ccccc1. The van der Waals surface area contributed by atoms with Crippen LogP contribution < -0.4 is 5.32 Å². The number of urea groups is 1. The second-order valence-corrected chi connectivity index (χ2v) is 7.25. The molecule has 2 aliphatic rings. The van der Waals surface area contributed by atoms with Crippen LogP contribution in [0.15, 0.2) is 30.3 Å². The number of para-hydroxylation sites is 1. The Kier molecular flexibility index (Phi) is 6.50. The zero-order valence-electron chi connectivity index (χ0n) is 15.7. The predicted octanol–water partition coefficient (Wildman–Crippen LogP) is 2.63. The van der Waals surface area contributed by atoms with E-state index in [1.54, 1.807) is 4.90 Å². The minimum atomic E-state index is -0.414. The molecule has 2 aliphatic heterocycles. The van der Waals surface area contributed by atoms with Gasteiger partial charge in [0.05, 0.1) is 0 Å². The Balaban J connectivity index is 1.46. The molecule has 26 heavy (non-hydrogen) atoms. The van der Waals surface area contributed by atoms with Gasteiger partial charge in [0.15, 0.2) is 0 Å². The number of hydrogen-bond donors (Lipinski definition) is 1. The van der Waals surface area contributed by atoms with Crippen molar-refractivity contribution in [2.24, 2.45) is 0 Å². The van der Waals surface area contributed by atoms with E-state index in [0.29, 0.717) is 13.1 Å². The van der Waals surface area contributed by atoms with Gasteiger partial charge in [-0.05, 0) is 58.0 Å². The van der Waals surface area contributed by atoms with Gasteiger partial charge >= 0.3 is 6.03 Å². The van der Waals surface area contributed by atoms with Gasteiger partial charge in [-0.2, -0.15) is 0 Å². The van der Waals surface area contributed by atoms with E-state index >= 15 is 0 Å². The van der Waals surface area contributed by atoms with E-state index in [9.17, 15) is 9.59 Å². The Bertz CT molecular complexity index is 601. The molecule has 142 valence electrons. The monoisotopic (exact) mass is 358 g/mol. The van der Waals surface area contributed by atoms with Crippen LogP contribution in [0, 0.1) is 0 Å². The van der Waals surface area contributed by atoms with Crippen LogP contribution in [-0.2, 0) is 4.79 Å². The van der Waals surface area contributed by atoms with Crippen LogP contribution >= 0.6 is 0 Å². The molecule has 0 aromatic heterocycles. The van der Waals surface area contributed by atoms with E-state index in [0.717, 1.165) is 25.2 Å². The van der Waals surface area contributed by atoms with Crippen molar-refractivity contribution in [3.05, 3.63) is 30.3 Å². The van der Waals surface area contributed by atoms with Crippen LogP contribution in [-0.4, -0.2) is 71.9 Å². The molecule has 1 atom stereocenters. The molecule has 2 fully saturated rings. The lowest BCUT2D eigenvalue weighted by molar-refractivity contribution is -0.139. The number of piperazine rings is 1. The molecule has 0 radical (unpaired) electrons. The number of carbonyl (C=O) groups excluding carboxylic acids is 2. The third-order valence-corrected chi connectivity index (χ3v) is 5.38. The third kappa shape index (κ3) is 4.75. The van der Waals surface area contributed by atoms with Crippen molar-refractivity contribution >= 4 is 17.6 Å². The standard InChI is InChI=1S/C20H30N4O2/c1-17-19(25)23(14-8-13-22-11-6-3-7-12-22)15-16-24(17)20(26)21-18-9-4-2-5-10-18/h2,4-5,9-10,17H,3,6-8,11-16H2,1H3,(H,21,26). The van der Waals surface area contributed by atoms with Crippen LogP contribution in [0.5, 0.6) is 0 Å². The second-order valence-electron chi connectivity index (χ2n) is 7.25. The highest BCUT2D eigenvalue weighted by molar-refractivity contribution is 5.94. The fourth-order valence-electron chi connectivity index (χ4n) is 3.81. The molecule has 0 aliphatic carbocycles. The summed E-state index contributed by atoms with van der Waals surface area (Å²) < 4.78 is 0. The van der Waals surface area contributed by atoms with Crippen LogP contribution in [0.25, 0.3) is 0 Å². The Hall–Kier alpha value is -2.08. The maximum absolute atomic E-state index is 12.7. The van der Waals surface area contributed by atoms with Gasteiger partial charge in [0.2, 0.25) is 5.91 Å². The molecule has 2 heterocycles. The molecule has 1 unspecified atom stereocenters. The lowest BCUT2D eigenvalue weighted by atomic mass is 10.1. The molecule has 1 N–H and O–H groups in total. The first-order chi connectivity index (χ1) is 12.6. The minimum Gasteiger partial charge on any atom is -0.339 e. The van der Waals surface area contributed by atoms with Crippen LogP contribution in [0.3, 0.4) is 0 Å². The average molecular weight is 358 g/mol. The van der Waals surface area contributed by atoms with Crippen molar-refractivity contribution in [1.82, 2.24) is 14.7 Å². The summed E-state index contributed by atoms with van der Waals surface area (Å²) in [6.45, 7) is 7.25. The molecule has 3 amide bonds. The molecular weight excluding hydrogens is 328 g/mol. The van der Waals surface area contributed by atoms with Gasteiger partial charge in [0, 0.05) is 25.3 Å². The molecular formula is C20H30N4O2. The summed E-state index contributed by atoms with van der Waals surface area (Å²) >= 11 is 0. The molecule has 0 bridgehead atoms. The van der Waals surface area contributed by atoms with E-state index in [4.69, 9.17) is 0 Å². The van der Waals surface area contributed by atoms with E-state index in [-0.39, 0.29) is 11.9 Å². The van der Waals surface area contributed by atoms with Gasteiger partial charge < -0.3 is 20.0 Å². The Morgan fingerprint density at radius 1 is 1.04 bits per heavy atom. The number of benzene rings is 1. The molecule has 6 nitrogen and oxygen atoms in total. The molecule has 2 saturated heterocycles. The summed E-state index contributed by atoms with van der Waals surface area (Å²) in [7, 11) is 0. The normalized spacial score (nSPS) is 21.7. The van der Waals surface area contributed by atoms with Crippen LogP contribution in [0.4, 0.5) is 10.5 Å². The first kappa shape index (κ1) is 18.7. The van der Waals surface area contributed by atoms with Crippen molar-refractivity contribution in [2.45, 2.75) is 38.6 Å². The zero-order chi connectivity index (χ0) is 18.4. The second kappa shape index (κ2) is 9.03. The van der Waals surface area contributed by atoms with E-state index < -0.39 is 6.04 Å². The summed E-state index contributed by atoms with van der Waals surface area (Å²) in [6, 6.07) is 8.74. The average Bonchev–Trinajstić information content (AvgIpc) is 2.67. The minimum absolute atomic E-state index is 0.0538. The Morgan fingerprint density at radius 3 is 2.50 bits per heavy atom. The largest absolute Gasteiger partial charge is 0.339 e. The van der Waals surface area contributed by atoms with Gasteiger partial charge in [-0.25, -0.2) is 4.79 Å². The number of likely N-dealkylation sites (tertiary alicyclic amines) is 1. The summed E-state index contributed by atoms with van der Waals surface area (Å²) in [5.41, 5.74) is 0.751. The van der Waals surface area contributed by atoms with E-state index in [1.807, 2.05) is 42.2 Å². The van der Waals surface area contributed by atoms with Crippen LogP contribution in [0.2, 0.25) is 0 Å². The summed E-state index contributed by atoms with van der Waals surface area (Å²) in [5, 5.41) is 2.87. The molecule has 6 heteroatoms. The number of nitrogens with zero attached hydrogens (tertiary/aromatic N) is 3. The van der Waals surface area contributed by atoms with Crippen molar-refractivity contribution in [3.63, 3.8) is 0 Å². The Morgan fingerprint density at radius 2 is 1.77 bits per heavy atom. The number of anilines is 1. The van der Waals surface area contributed by atoms with Gasteiger partial charge in [-0.3, -0.25) is 4.79 Å². The predicted molar refractivity (Wildman–Crippen MR) is 103 cm³/mol. The highest BCUT2D eigenvalue weighted by Gasteiger charge is 2.34. The van der Waals surface area contributed by atoms with Crippen molar-refractivity contribution in [2.75, 3.05) is 44.6 Å². The number of amides is 3.